The largest absolute Gasteiger partial charge is 0.681 e. The summed E-state index contributed by atoms with van der Waals surface area (Å²) in [7, 11) is 0. The van der Waals surface area contributed by atoms with Gasteiger partial charge in [0.2, 0.25) is 18.7 Å². The molecule has 1 aliphatic heterocycles. The van der Waals surface area contributed by atoms with E-state index >= 15 is 0 Å². The Labute approximate surface area is 320 Å². The molecule has 1 aliphatic rings. The van der Waals surface area contributed by atoms with Crippen LogP contribution in [0.2, 0.25) is 0 Å². The second-order valence-corrected chi connectivity index (χ2v) is 15.0. The van der Waals surface area contributed by atoms with Crippen LogP contribution in [0.15, 0.2) is 115 Å². The van der Waals surface area contributed by atoms with Crippen LogP contribution in [0.5, 0.6) is 11.8 Å². The van der Waals surface area contributed by atoms with Crippen LogP contribution in [0.4, 0.5) is 17.1 Å². The first-order valence-electron chi connectivity index (χ1n) is 17.8. The van der Waals surface area contributed by atoms with Gasteiger partial charge in [-0.15, -0.1) is 5.69 Å². The molecule has 0 radical (unpaired) electrons. The molecule has 0 aliphatic carbocycles. The SMILES string of the molecule is CC(C)c1cccc(C(C)C)c1N1B(c2cccc(Oc3ccc4c5ccccc5n(-c5cc(C(C)(C)C)ccn5)c4n3)n2)[N-]c2ccccc21.[Pt]. The molecular formula is C43H42BN6OPt-. The standard InChI is InChI=1S/C43H42BN6O.Pt/c1-27(2)30-15-12-16-31(28(3)4)41(30)50-36-19-11-9-17-34(36)48-44(50)37-20-13-21-39(46-37)51-40-23-22-33-32-14-8-10-18-35(32)49(42(33)47-40)38-26-29(24-25-45-38)43(5,6)7;/h8-28H,1-7H3;/q-1;. The van der Waals surface area contributed by atoms with Crippen molar-refractivity contribution in [3.8, 4) is 17.6 Å². The minimum absolute atomic E-state index is 0. The van der Waals surface area contributed by atoms with Crippen LogP contribution in [0.3, 0.4) is 0 Å². The smallest absolute Gasteiger partial charge is 0.223 e. The summed E-state index contributed by atoms with van der Waals surface area (Å²) in [4.78, 5) is 17.3. The van der Waals surface area contributed by atoms with E-state index in [0.717, 1.165) is 44.7 Å². The van der Waals surface area contributed by atoms with E-state index < -0.39 is 0 Å². The molecule has 0 saturated carbocycles. The van der Waals surface area contributed by atoms with Crippen molar-refractivity contribution in [2.75, 3.05) is 4.81 Å². The molecule has 0 saturated heterocycles. The van der Waals surface area contributed by atoms with E-state index in [1.165, 1.54) is 22.4 Å². The van der Waals surface area contributed by atoms with Gasteiger partial charge in [-0.2, -0.15) is 4.98 Å². The maximum absolute atomic E-state index is 6.48. The summed E-state index contributed by atoms with van der Waals surface area (Å²) in [5.74, 6) is 2.40. The van der Waals surface area contributed by atoms with E-state index in [1.807, 2.05) is 36.5 Å². The fourth-order valence-corrected chi connectivity index (χ4v) is 7.19. The Hall–Kier alpha value is -4.94. The van der Waals surface area contributed by atoms with Crippen LogP contribution in [-0.2, 0) is 26.5 Å². The number of rotatable bonds is 7. The summed E-state index contributed by atoms with van der Waals surface area (Å²) in [5, 5.41) is 7.39. The summed E-state index contributed by atoms with van der Waals surface area (Å²) in [6.45, 7) is 15.3. The third kappa shape index (κ3) is 6.28. The Morgan fingerprint density at radius 3 is 2.15 bits per heavy atom. The van der Waals surface area contributed by atoms with Crippen molar-refractivity contribution in [2.24, 2.45) is 0 Å². The monoisotopic (exact) mass is 864 g/mol. The zero-order valence-corrected chi connectivity index (χ0v) is 32.9. The molecule has 0 amide bonds. The molecule has 0 N–H and O–H groups in total. The van der Waals surface area contributed by atoms with Gasteiger partial charge in [0.05, 0.1) is 5.52 Å². The number of ether oxygens (including phenoxy) is 1. The maximum Gasteiger partial charge on any atom is 0.223 e. The number of pyridine rings is 3. The van der Waals surface area contributed by atoms with Gasteiger partial charge < -0.3 is 14.8 Å². The number of nitrogens with zero attached hydrogens (tertiary/aromatic N) is 6. The van der Waals surface area contributed by atoms with Gasteiger partial charge in [-0.25, -0.2) is 9.97 Å². The first-order chi connectivity index (χ1) is 24.6. The first-order valence-corrected chi connectivity index (χ1v) is 17.8. The number of hydrogen-bond acceptors (Lipinski definition) is 5. The van der Waals surface area contributed by atoms with Crippen molar-refractivity contribution < 1.29 is 25.8 Å². The fourth-order valence-electron chi connectivity index (χ4n) is 7.19. The Morgan fingerprint density at radius 2 is 1.40 bits per heavy atom. The van der Waals surface area contributed by atoms with E-state index in [4.69, 9.17) is 24.9 Å². The summed E-state index contributed by atoms with van der Waals surface area (Å²) in [5.41, 5.74) is 9.63. The van der Waals surface area contributed by atoms with Crippen LogP contribution in [-0.4, -0.2) is 26.5 Å². The van der Waals surface area contributed by atoms with Gasteiger partial charge in [0, 0.05) is 67.1 Å². The molecule has 264 valence electrons. The molecule has 4 aromatic heterocycles. The van der Waals surface area contributed by atoms with E-state index in [-0.39, 0.29) is 33.5 Å². The molecule has 0 bridgehead atoms. The Morgan fingerprint density at radius 1 is 0.712 bits per heavy atom. The van der Waals surface area contributed by atoms with Crippen LogP contribution >= 0.6 is 0 Å². The number of hydrogen-bond donors (Lipinski definition) is 0. The summed E-state index contributed by atoms with van der Waals surface area (Å²) >= 11 is 0. The predicted octanol–water partition coefficient (Wildman–Crippen LogP) is 10.9. The van der Waals surface area contributed by atoms with Crippen LogP contribution in [0.1, 0.15) is 77.0 Å². The molecule has 3 aromatic carbocycles. The zero-order chi connectivity index (χ0) is 35.4. The van der Waals surface area contributed by atoms with Gasteiger partial charge in [-0.3, -0.25) is 4.57 Å². The minimum Gasteiger partial charge on any atom is -0.681 e. The van der Waals surface area contributed by atoms with Crippen molar-refractivity contribution in [2.45, 2.75) is 65.7 Å². The number of anilines is 2. The van der Waals surface area contributed by atoms with Gasteiger partial charge in [0.25, 0.3) is 0 Å². The van der Waals surface area contributed by atoms with Gasteiger partial charge in [0.1, 0.15) is 5.82 Å². The van der Waals surface area contributed by atoms with Crippen molar-refractivity contribution in [3.63, 3.8) is 0 Å². The molecule has 0 unspecified atom stereocenters. The minimum atomic E-state index is -0.359. The normalized spacial score (nSPS) is 12.8. The predicted molar refractivity (Wildman–Crippen MR) is 211 cm³/mol. The Balaban J connectivity index is 0.00000420. The van der Waals surface area contributed by atoms with Gasteiger partial charge in [-0.1, -0.05) is 109 Å². The third-order valence-electron chi connectivity index (χ3n) is 9.79. The molecule has 0 spiro atoms. The third-order valence-corrected chi connectivity index (χ3v) is 9.79. The molecule has 5 heterocycles. The average Bonchev–Trinajstić information content (AvgIpc) is 3.67. The van der Waals surface area contributed by atoms with Crippen molar-refractivity contribution in [1.29, 1.82) is 0 Å². The van der Waals surface area contributed by atoms with Crippen LogP contribution < -0.4 is 15.1 Å². The second kappa shape index (κ2) is 13.9. The van der Waals surface area contributed by atoms with Crippen molar-refractivity contribution in [3.05, 3.63) is 137 Å². The van der Waals surface area contributed by atoms with E-state index in [0.29, 0.717) is 23.6 Å². The van der Waals surface area contributed by atoms with Crippen molar-refractivity contribution >= 4 is 51.6 Å². The number of aromatic nitrogens is 4. The molecule has 7 aromatic rings. The van der Waals surface area contributed by atoms with E-state index in [1.54, 1.807) is 0 Å². The maximum atomic E-state index is 6.48. The molecule has 8 rings (SSSR count). The average molecular weight is 865 g/mol. The molecule has 52 heavy (non-hydrogen) atoms. The summed E-state index contributed by atoms with van der Waals surface area (Å²) < 4.78 is 8.60. The van der Waals surface area contributed by atoms with Gasteiger partial charge >= 0.3 is 0 Å². The molecule has 0 atom stereocenters. The quantitative estimate of drug-likeness (QED) is 0.149. The Bertz CT molecular complexity index is 2390. The fraction of sp³-hybridized carbons (Fsp3) is 0.233. The first kappa shape index (κ1) is 35.5. The molecule has 9 heteroatoms. The molecule has 0 fully saturated rings. The topological polar surface area (TPSA) is 70.2 Å². The zero-order valence-electron chi connectivity index (χ0n) is 30.6. The molecular weight excluding hydrogens is 822 g/mol. The number of benzene rings is 3. The Kier molecular flexibility index (Phi) is 9.47. The second-order valence-electron chi connectivity index (χ2n) is 15.0. The van der Waals surface area contributed by atoms with Crippen molar-refractivity contribution in [1.82, 2.24) is 19.5 Å². The van der Waals surface area contributed by atoms with Crippen LogP contribution in [0, 0.1) is 0 Å². The molecule has 7 nitrogen and oxygen atoms in total. The number of fused-ring (bicyclic) bond motifs is 4. The van der Waals surface area contributed by atoms with E-state index in [2.05, 4.69) is 137 Å². The van der Waals surface area contributed by atoms with Gasteiger partial charge in [0.15, 0.2) is 5.65 Å². The van der Waals surface area contributed by atoms with Crippen LogP contribution in [0.25, 0.3) is 33.0 Å². The number of para-hydroxylation sites is 3. The van der Waals surface area contributed by atoms with E-state index in [9.17, 15) is 0 Å². The summed E-state index contributed by atoms with van der Waals surface area (Å²) in [6.07, 6.45) is 1.88. The van der Waals surface area contributed by atoms with Gasteiger partial charge in [-0.05, 0) is 70.3 Å². The summed E-state index contributed by atoms with van der Waals surface area (Å²) in [6, 6.07) is 37.5.